The van der Waals surface area contributed by atoms with Gasteiger partial charge in [0.1, 0.15) is 6.04 Å². The lowest BCUT2D eigenvalue weighted by atomic mass is 9.94. The second kappa shape index (κ2) is 13.2. The van der Waals surface area contributed by atoms with Crippen LogP contribution in [0.25, 0.3) is 0 Å². The smallest absolute Gasteiger partial charge is 0.243 e. The van der Waals surface area contributed by atoms with Crippen LogP contribution in [-0.4, -0.2) is 28.8 Å². The zero-order valence-electron chi connectivity index (χ0n) is 22.3. The van der Waals surface area contributed by atoms with Crippen molar-refractivity contribution in [3.05, 3.63) is 107 Å². The molecule has 1 aliphatic carbocycles. The molecule has 1 aliphatic rings. The van der Waals surface area contributed by atoms with Crippen LogP contribution < -0.4 is 5.32 Å². The third kappa shape index (κ3) is 7.79. The highest BCUT2D eigenvalue weighted by molar-refractivity contribution is 5.88. The zero-order valence-corrected chi connectivity index (χ0v) is 22.3. The molecule has 1 unspecified atom stereocenters. The van der Waals surface area contributed by atoms with E-state index < -0.39 is 6.04 Å². The number of nitrogens with one attached hydrogen (secondary N) is 1. The monoisotopic (exact) mass is 496 g/mol. The van der Waals surface area contributed by atoms with E-state index in [2.05, 4.69) is 55.6 Å². The maximum absolute atomic E-state index is 13.9. The largest absolute Gasteiger partial charge is 0.352 e. The maximum Gasteiger partial charge on any atom is 0.243 e. The summed E-state index contributed by atoms with van der Waals surface area (Å²) in [7, 11) is 0. The van der Waals surface area contributed by atoms with Crippen LogP contribution in [0.1, 0.15) is 66.3 Å². The van der Waals surface area contributed by atoms with E-state index >= 15 is 0 Å². The Hall–Kier alpha value is -3.40. The highest BCUT2D eigenvalue weighted by Crippen LogP contribution is 2.21. The van der Waals surface area contributed by atoms with E-state index in [0.717, 1.165) is 47.9 Å². The number of hydrogen-bond donors (Lipinski definition) is 1. The van der Waals surface area contributed by atoms with Gasteiger partial charge in [-0.25, -0.2) is 0 Å². The highest BCUT2D eigenvalue weighted by Gasteiger charge is 2.32. The average molecular weight is 497 g/mol. The normalized spacial score (nSPS) is 14.6. The Balaban J connectivity index is 1.61. The third-order valence-electron chi connectivity index (χ3n) is 7.57. The summed E-state index contributed by atoms with van der Waals surface area (Å²) in [5.74, 6) is -0.0171. The molecular weight excluding hydrogens is 456 g/mol. The summed E-state index contributed by atoms with van der Waals surface area (Å²) in [6.07, 6.45) is 7.10. The number of carbonyl (C=O) groups excluding carboxylic acids is 2. The van der Waals surface area contributed by atoms with E-state index in [-0.39, 0.29) is 17.9 Å². The molecule has 0 bridgehead atoms. The first-order chi connectivity index (χ1) is 18.0. The van der Waals surface area contributed by atoms with Crippen molar-refractivity contribution in [1.82, 2.24) is 10.2 Å². The van der Waals surface area contributed by atoms with Gasteiger partial charge < -0.3 is 10.2 Å². The first-order valence-electron chi connectivity index (χ1n) is 13.7. The first-order valence-corrected chi connectivity index (χ1v) is 13.7. The van der Waals surface area contributed by atoms with Gasteiger partial charge in [0, 0.05) is 25.4 Å². The summed E-state index contributed by atoms with van der Waals surface area (Å²) < 4.78 is 0. The van der Waals surface area contributed by atoms with Crippen molar-refractivity contribution >= 4 is 11.8 Å². The van der Waals surface area contributed by atoms with E-state index in [4.69, 9.17) is 0 Å². The van der Waals surface area contributed by atoms with Gasteiger partial charge in [-0.1, -0.05) is 104 Å². The minimum absolute atomic E-state index is 0.0172. The fourth-order valence-corrected chi connectivity index (χ4v) is 5.22. The van der Waals surface area contributed by atoms with Crippen molar-refractivity contribution in [2.45, 2.75) is 83.8 Å². The average Bonchev–Trinajstić information content (AvgIpc) is 2.92. The molecule has 37 heavy (non-hydrogen) atoms. The summed E-state index contributed by atoms with van der Waals surface area (Å²) in [5, 5.41) is 3.32. The first kappa shape index (κ1) is 26.7. The van der Waals surface area contributed by atoms with Gasteiger partial charge in [0.05, 0.1) is 0 Å². The Morgan fingerprint density at radius 1 is 0.838 bits per heavy atom. The summed E-state index contributed by atoms with van der Waals surface area (Å²) in [4.78, 5) is 29.6. The Morgan fingerprint density at radius 3 is 2.22 bits per heavy atom. The molecule has 4 nitrogen and oxygen atoms in total. The molecule has 1 N–H and O–H groups in total. The number of benzene rings is 3. The number of amides is 2. The van der Waals surface area contributed by atoms with E-state index in [1.165, 1.54) is 12.0 Å². The van der Waals surface area contributed by atoms with Crippen LogP contribution >= 0.6 is 0 Å². The molecule has 4 heteroatoms. The molecule has 2 amide bonds. The molecule has 0 aliphatic heterocycles. The number of carbonyl (C=O) groups is 2. The van der Waals surface area contributed by atoms with Crippen LogP contribution in [0.15, 0.2) is 78.9 Å². The number of nitrogens with zero attached hydrogens (tertiary/aromatic N) is 1. The molecule has 3 aromatic rings. The van der Waals surface area contributed by atoms with Crippen LogP contribution in [0.2, 0.25) is 0 Å². The lowest BCUT2D eigenvalue weighted by Gasteiger charge is -2.34. The summed E-state index contributed by atoms with van der Waals surface area (Å²) >= 11 is 0. The van der Waals surface area contributed by atoms with E-state index in [1.807, 2.05) is 47.4 Å². The van der Waals surface area contributed by atoms with Crippen LogP contribution in [0.3, 0.4) is 0 Å². The van der Waals surface area contributed by atoms with Crippen molar-refractivity contribution in [3.8, 4) is 0 Å². The van der Waals surface area contributed by atoms with Gasteiger partial charge in [0.2, 0.25) is 11.8 Å². The molecular formula is C33H40N2O2. The van der Waals surface area contributed by atoms with Crippen LogP contribution in [0, 0.1) is 13.8 Å². The van der Waals surface area contributed by atoms with Gasteiger partial charge in [0.15, 0.2) is 0 Å². The second-order valence-corrected chi connectivity index (χ2v) is 10.5. The molecule has 0 aromatic heterocycles. The molecule has 0 saturated heterocycles. The van der Waals surface area contributed by atoms with Crippen molar-refractivity contribution in [2.24, 2.45) is 0 Å². The lowest BCUT2D eigenvalue weighted by molar-refractivity contribution is -0.141. The fraction of sp³-hybridized carbons (Fsp3) is 0.394. The minimum Gasteiger partial charge on any atom is -0.352 e. The Morgan fingerprint density at radius 2 is 1.51 bits per heavy atom. The summed E-state index contributed by atoms with van der Waals surface area (Å²) in [6.45, 7) is 4.56. The topological polar surface area (TPSA) is 49.4 Å². The molecule has 0 spiro atoms. The van der Waals surface area contributed by atoms with Gasteiger partial charge in [-0.2, -0.15) is 0 Å². The third-order valence-corrected chi connectivity index (χ3v) is 7.57. The number of aryl methyl sites for hydroxylation is 3. The standard InChI is InChI=1S/C33H40N2O2/c1-25-17-19-27(20-18-25)21-22-32(36)35(24-29-14-10-9-11-26(29)2)31(23-28-12-5-3-6-13-28)33(37)34-30-15-7-4-8-16-30/h3,5-6,9-14,17-20,30-31H,4,7-8,15-16,21-24H2,1-2H3,(H,34,37). The predicted octanol–water partition coefficient (Wildman–Crippen LogP) is 6.33. The molecule has 1 atom stereocenters. The van der Waals surface area contributed by atoms with Crippen molar-refractivity contribution in [3.63, 3.8) is 0 Å². The zero-order chi connectivity index (χ0) is 26.0. The van der Waals surface area contributed by atoms with Crippen LogP contribution in [0.4, 0.5) is 0 Å². The fourth-order valence-electron chi connectivity index (χ4n) is 5.22. The van der Waals surface area contributed by atoms with Gasteiger partial charge >= 0.3 is 0 Å². The number of hydrogen-bond acceptors (Lipinski definition) is 2. The van der Waals surface area contributed by atoms with Crippen molar-refractivity contribution in [1.29, 1.82) is 0 Å². The molecule has 3 aromatic carbocycles. The summed E-state index contributed by atoms with van der Waals surface area (Å²) in [5.41, 5.74) is 5.62. The molecule has 194 valence electrons. The molecule has 1 saturated carbocycles. The summed E-state index contributed by atoms with van der Waals surface area (Å²) in [6, 6.07) is 26.2. The van der Waals surface area contributed by atoms with Gasteiger partial charge in [-0.05, 0) is 55.4 Å². The van der Waals surface area contributed by atoms with Crippen LogP contribution in [0.5, 0.6) is 0 Å². The Kier molecular flexibility index (Phi) is 9.53. The molecule has 1 fully saturated rings. The number of rotatable bonds is 10. The van der Waals surface area contributed by atoms with E-state index in [1.54, 1.807) is 0 Å². The highest BCUT2D eigenvalue weighted by atomic mass is 16.2. The van der Waals surface area contributed by atoms with E-state index in [0.29, 0.717) is 25.8 Å². The van der Waals surface area contributed by atoms with Gasteiger partial charge in [-0.15, -0.1) is 0 Å². The molecule has 4 rings (SSSR count). The maximum atomic E-state index is 13.9. The van der Waals surface area contributed by atoms with Crippen LogP contribution in [-0.2, 0) is 29.0 Å². The van der Waals surface area contributed by atoms with Gasteiger partial charge in [-0.3, -0.25) is 9.59 Å². The second-order valence-electron chi connectivity index (χ2n) is 10.5. The van der Waals surface area contributed by atoms with Gasteiger partial charge in [0.25, 0.3) is 0 Å². The Bertz CT molecular complexity index is 1150. The van der Waals surface area contributed by atoms with Crippen molar-refractivity contribution in [2.75, 3.05) is 0 Å². The molecule has 0 radical (unpaired) electrons. The quantitative estimate of drug-likeness (QED) is 0.357. The predicted molar refractivity (Wildman–Crippen MR) is 150 cm³/mol. The SMILES string of the molecule is Cc1ccc(CCC(=O)N(Cc2ccccc2C)C(Cc2ccccc2)C(=O)NC2CCCCC2)cc1. The Labute approximate surface area is 222 Å². The van der Waals surface area contributed by atoms with E-state index in [9.17, 15) is 9.59 Å². The lowest BCUT2D eigenvalue weighted by Crippen LogP contribution is -2.53. The minimum atomic E-state index is -0.561. The van der Waals surface area contributed by atoms with Crippen molar-refractivity contribution < 1.29 is 9.59 Å². The molecule has 0 heterocycles.